The summed E-state index contributed by atoms with van der Waals surface area (Å²) in [4.78, 5) is 26.8. The van der Waals surface area contributed by atoms with Gasteiger partial charge in [0.05, 0.1) is 11.4 Å². The zero-order valence-electron chi connectivity index (χ0n) is 16.4. The minimum Gasteiger partial charge on any atom is -0.318 e. The number of rotatable bonds is 4. The van der Waals surface area contributed by atoms with E-state index in [4.69, 9.17) is 11.6 Å². The van der Waals surface area contributed by atoms with Crippen LogP contribution in [-0.4, -0.2) is 20.6 Å². The molecule has 0 unspecified atom stereocenters. The quantitative estimate of drug-likeness (QED) is 0.459. The molecule has 1 aliphatic rings. The van der Waals surface area contributed by atoms with Crippen LogP contribution in [0.1, 0.15) is 22.5 Å². The van der Waals surface area contributed by atoms with Crippen LogP contribution in [0.5, 0.6) is 0 Å². The highest BCUT2D eigenvalue weighted by atomic mass is 35.5. The molecule has 30 heavy (non-hydrogen) atoms. The van der Waals surface area contributed by atoms with E-state index in [9.17, 15) is 14.0 Å². The predicted molar refractivity (Wildman–Crippen MR) is 118 cm³/mol. The fourth-order valence-corrected chi connectivity index (χ4v) is 4.43. The van der Waals surface area contributed by atoms with Gasteiger partial charge >= 0.3 is 0 Å². The van der Waals surface area contributed by atoms with Gasteiger partial charge in [-0.05, 0) is 85.3 Å². The average molecular weight is 441 g/mol. The molecule has 0 spiro atoms. The molecular weight excluding hydrogens is 423 g/mol. The van der Waals surface area contributed by atoms with Gasteiger partial charge in [0, 0.05) is 22.1 Å². The van der Waals surface area contributed by atoms with Crippen molar-refractivity contribution in [2.45, 2.75) is 20.4 Å². The molecule has 1 aliphatic heterocycles. The summed E-state index contributed by atoms with van der Waals surface area (Å²) in [6, 6.07) is 15.3. The first-order chi connectivity index (χ1) is 14.3. The Morgan fingerprint density at radius 3 is 2.37 bits per heavy atom. The molecule has 0 bridgehead atoms. The van der Waals surface area contributed by atoms with Crippen molar-refractivity contribution in [3.05, 3.63) is 92.9 Å². The minimum atomic E-state index is -0.358. The SMILES string of the molecule is Cc1cc(/C=C2\SC(=O)N(Cc3ccc(F)cc3)C2=O)c(C)n1-c1ccc(Cl)cc1. The zero-order chi connectivity index (χ0) is 21.4. The molecule has 4 nitrogen and oxygen atoms in total. The number of hydrogen-bond donors (Lipinski definition) is 0. The molecule has 0 atom stereocenters. The van der Waals surface area contributed by atoms with Gasteiger partial charge < -0.3 is 4.57 Å². The van der Waals surface area contributed by atoms with Crippen molar-refractivity contribution in [3.63, 3.8) is 0 Å². The van der Waals surface area contributed by atoms with Crippen LogP contribution in [0.3, 0.4) is 0 Å². The van der Waals surface area contributed by atoms with Gasteiger partial charge in [0.25, 0.3) is 11.1 Å². The Morgan fingerprint density at radius 1 is 1.03 bits per heavy atom. The van der Waals surface area contributed by atoms with E-state index in [-0.39, 0.29) is 23.5 Å². The second kappa shape index (κ2) is 8.13. The minimum absolute atomic E-state index is 0.117. The molecule has 0 N–H and O–H groups in total. The molecule has 2 amide bonds. The lowest BCUT2D eigenvalue weighted by Gasteiger charge is -2.12. The van der Waals surface area contributed by atoms with E-state index < -0.39 is 0 Å². The third-order valence-electron chi connectivity index (χ3n) is 4.97. The van der Waals surface area contributed by atoms with Crippen molar-refractivity contribution in [2.24, 2.45) is 0 Å². The molecule has 0 radical (unpaired) electrons. The highest BCUT2D eigenvalue weighted by molar-refractivity contribution is 8.18. The Balaban J connectivity index is 1.61. The Bertz CT molecular complexity index is 1170. The summed E-state index contributed by atoms with van der Waals surface area (Å²) in [6.45, 7) is 4.07. The fourth-order valence-electron chi connectivity index (χ4n) is 3.47. The number of imide groups is 1. The number of nitrogens with zero attached hydrogens (tertiary/aromatic N) is 2. The van der Waals surface area contributed by atoms with Crippen LogP contribution in [0.25, 0.3) is 11.8 Å². The van der Waals surface area contributed by atoms with Crippen molar-refractivity contribution < 1.29 is 14.0 Å². The van der Waals surface area contributed by atoms with Crippen LogP contribution >= 0.6 is 23.4 Å². The predicted octanol–water partition coefficient (Wildman–Crippen LogP) is 6.12. The van der Waals surface area contributed by atoms with Gasteiger partial charge in [-0.3, -0.25) is 14.5 Å². The van der Waals surface area contributed by atoms with Crippen molar-refractivity contribution in [1.82, 2.24) is 9.47 Å². The Labute approximate surface area is 182 Å². The smallest absolute Gasteiger partial charge is 0.293 e. The number of thioether (sulfide) groups is 1. The summed E-state index contributed by atoms with van der Waals surface area (Å²) < 4.78 is 15.2. The topological polar surface area (TPSA) is 42.3 Å². The Morgan fingerprint density at radius 2 is 1.70 bits per heavy atom. The van der Waals surface area contributed by atoms with Gasteiger partial charge in [-0.15, -0.1) is 0 Å². The van der Waals surface area contributed by atoms with Crippen molar-refractivity contribution in [3.8, 4) is 5.69 Å². The van der Waals surface area contributed by atoms with E-state index >= 15 is 0 Å². The lowest BCUT2D eigenvalue weighted by molar-refractivity contribution is -0.123. The van der Waals surface area contributed by atoms with Crippen molar-refractivity contribution >= 4 is 40.6 Å². The number of aromatic nitrogens is 1. The third-order valence-corrected chi connectivity index (χ3v) is 6.13. The maximum Gasteiger partial charge on any atom is 0.293 e. The number of carbonyl (C=O) groups excluding carboxylic acids is 2. The molecule has 2 aromatic carbocycles. The van der Waals surface area contributed by atoms with Crippen LogP contribution in [0.4, 0.5) is 9.18 Å². The maximum absolute atomic E-state index is 13.1. The van der Waals surface area contributed by atoms with E-state index in [1.807, 2.05) is 44.2 Å². The van der Waals surface area contributed by atoms with E-state index in [1.165, 1.54) is 17.0 Å². The summed E-state index contributed by atoms with van der Waals surface area (Å²) in [6.07, 6.45) is 1.75. The molecule has 7 heteroatoms. The molecule has 2 heterocycles. The molecule has 152 valence electrons. The van der Waals surface area contributed by atoms with E-state index in [1.54, 1.807) is 18.2 Å². The molecule has 4 rings (SSSR count). The lowest BCUT2D eigenvalue weighted by Crippen LogP contribution is -2.27. The van der Waals surface area contributed by atoms with Crippen LogP contribution in [0.15, 0.2) is 59.5 Å². The van der Waals surface area contributed by atoms with Crippen molar-refractivity contribution in [1.29, 1.82) is 0 Å². The van der Waals surface area contributed by atoms with Crippen LogP contribution in [-0.2, 0) is 11.3 Å². The van der Waals surface area contributed by atoms with Gasteiger partial charge in [0.15, 0.2) is 0 Å². The molecule has 1 saturated heterocycles. The number of hydrogen-bond acceptors (Lipinski definition) is 3. The highest BCUT2D eigenvalue weighted by Gasteiger charge is 2.35. The van der Waals surface area contributed by atoms with E-state index in [0.717, 1.165) is 34.4 Å². The van der Waals surface area contributed by atoms with Crippen molar-refractivity contribution in [2.75, 3.05) is 0 Å². The Hall–Kier alpha value is -2.83. The highest BCUT2D eigenvalue weighted by Crippen LogP contribution is 2.34. The number of halogens is 2. The molecule has 1 aromatic heterocycles. The normalized spacial score (nSPS) is 15.5. The Kier molecular flexibility index (Phi) is 5.54. The van der Waals surface area contributed by atoms with Gasteiger partial charge in [0.2, 0.25) is 0 Å². The molecule has 1 fully saturated rings. The molecule has 3 aromatic rings. The maximum atomic E-state index is 13.1. The van der Waals surface area contributed by atoms with Gasteiger partial charge in [-0.1, -0.05) is 23.7 Å². The molecular formula is C23H18ClFN2O2S. The first kappa shape index (κ1) is 20.4. The van der Waals surface area contributed by atoms with Crippen LogP contribution < -0.4 is 0 Å². The zero-order valence-corrected chi connectivity index (χ0v) is 17.9. The van der Waals surface area contributed by atoms with E-state index in [2.05, 4.69) is 4.57 Å². The molecule has 0 aliphatic carbocycles. The largest absolute Gasteiger partial charge is 0.318 e. The van der Waals surface area contributed by atoms with Gasteiger partial charge in [-0.25, -0.2) is 4.39 Å². The standard InChI is InChI=1S/C23H18ClFN2O2S/c1-14-11-17(15(2)27(14)20-9-5-18(24)6-10-20)12-21-22(28)26(23(29)30-21)13-16-3-7-19(25)8-4-16/h3-12H,13H2,1-2H3/b21-12-. The summed E-state index contributed by atoms with van der Waals surface area (Å²) in [5, 5.41) is 0.332. The third kappa shape index (κ3) is 3.93. The fraction of sp³-hybridized carbons (Fsp3) is 0.130. The second-order valence-electron chi connectivity index (χ2n) is 7.03. The van der Waals surface area contributed by atoms with Crippen LogP contribution in [0, 0.1) is 19.7 Å². The van der Waals surface area contributed by atoms with Crippen LogP contribution in [0.2, 0.25) is 5.02 Å². The molecule has 0 saturated carbocycles. The summed E-state index contributed by atoms with van der Waals surface area (Å²) in [7, 11) is 0. The number of amides is 2. The van der Waals surface area contributed by atoms with Gasteiger partial charge in [0.1, 0.15) is 5.82 Å². The van der Waals surface area contributed by atoms with Gasteiger partial charge in [-0.2, -0.15) is 0 Å². The van der Waals surface area contributed by atoms with E-state index in [0.29, 0.717) is 15.5 Å². The number of aryl methyl sites for hydroxylation is 1. The monoisotopic (exact) mass is 440 g/mol. The number of benzene rings is 2. The first-order valence-electron chi connectivity index (χ1n) is 9.28. The first-order valence-corrected chi connectivity index (χ1v) is 10.5. The second-order valence-corrected chi connectivity index (χ2v) is 8.46. The summed E-state index contributed by atoms with van der Waals surface area (Å²) in [5.41, 5.74) is 4.50. The lowest BCUT2D eigenvalue weighted by atomic mass is 10.2. The number of carbonyl (C=O) groups is 2. The summed E-state index contributed by atoms with van der Waals surface area (Å²) >= 11 is 6.91. The summed E-state index contributed by atoms with van der Waals surface area (Å²) in [5.74, 6) is -0.700. The average Bonchev–Trinajstić information content (AvgIpc) is 3.14.